The summed E-state index contributed by atoms with van der Waals surface area (Å²) >= 11 is 6.81. The zero-order chi connectivity index (χ0) is 22.8. The Hall–Kier alpha value is -2.98. The van der Waals surface area contributed by atoms with E-state index in [2.05, 4.69) is 4.98 Å². The molecule has 0 aliphatic carbocycles. The number of hydrogen-bond donors (Lipinski definition) is 0. The van der Waals surface area contributed by atoms with Crippen LogP contribution in [0.4, 0.5) is 28.4 Å². The Morgan fingerprint density at radius 1 is 1.19 bits per heavy atom. The van der Waals surface area contributed by atoms with Gasteiger partial charge in [0.1, 0.15) is 12.4 Å². The molecule has 0 unspecified atom stereocenters. The lowest BCUT2D eigenvalue weighted by molar-refractivity contribution is -0.137. The lowest BCUT2D eigenvalue weighted by Crippen LogP contribution is -2.23. The van der Waals surface area contributed by atoms with Crippen molar-refractivity contribution in [2.75, 3.05) is 4.90 Å². The third-order valence-corrected chi connectivity index (χ3v) is 5.17. The molecule has 0 N–H and O–H groups in total. The number of hydrogen-bond acceptors (Lipinski definition) is 5. The predicted molar refractivity (Wildman–Crippen MR) is 107 cm³/mol. The molecule has 0 saturated heterocycles. The Bertz CT molecular complexity index is 1130. The minimum Gasteiger partial charge on any atom is -0.456 e. The van der Waals surface area contributed by atoms with Crippen LogP contribution in [0.1, 0.15) is 28.5 Å². The highest BCUT2D eigenvalue weighted by atomic mass is 35.5. The van der Waals surface area contributed by atoms with Gasteiger partial charge in [0.2, 0.25) is 5.91 Å². The summed E-state index contributed by atoms with van der Waals surface area (Å²) in [5.41, 5.74) is -0.672. The first kappa shape index (κ1) is 22.7. The van der Waals surface area contributed by atoms with E-state index in [1.807, 2.05) is 0 Å². The third-order valence-electron chi connectivity index (χ3n) is 3.98. The maximum atomic E-state index is 13.1. The number of esters is 1. The fourth-order valence-corrected chi connectivity index (χ4v) is 3.70. The van der Waals surface area contributed by atoms with Gasteiger partial charge < -0.3 is 4.74 Å². The van der Waals surface area contributed by atoms with E-state index >= 15 is 0 Å². The van der Waals surface area contributed by atoms with Gasteiger partial charge in [0.15, 0.2) is 5.13 Å². The highest BCUT2D eigenvalue weighted by Crippen LogP contribution is 2.35. The molecule has 11 heteroatoms. The van der Waals surface area contributed by atoms with Gasteiger partial charge >= 0.3 is 12.1 Å². The average Bonchev–Trinajstić information content (AvgIpc) is 3.14. The number of aromatic nitrogens is 1. The molecule has 2 aromatic carbocycles. The van der Waals surface area contributed by atoms with Crippen LogP contribution in [0.3, 0.4) is 0 Å². The molecule has 0 saturated carbocycles. The molecule has 5 nitrogen and oxygen atoms in total. The van der Waals surface area contributed by atoms with Crippen molar-refractivity contribution in [2.45, 2.75) is 19.7 Å². The van der Waals surface area contributed by atoms with Gasteiger partial charge in [0.05, 0.1) is 27.5 Å². The van der Waals surface area contributed by atoms with Gasteiger partial charge in [-0.2, -0.15) is 13.2 Å². The molecule has 0 bridgehead atoms. The summed E-state index contributed by atoms with van der Waals surface area (Å²) in [5.74, 6) is -1.96. The molecule has 3 aromatic rings. The van der Waals surface area contributed by atoms with Crippen LogP contribution in [-0.4, -0.2) is 16.9 Å². The minimum atomic E-state index is -4.57. The second-order valence-electron chi connectivity index (χ2n) is 6.22. The van der Waals surface area contributed by atoms with Crippen molar-refractivity contribution in [3.8, 4) is 0 Å². The zero-order valence-corrected chi connectivity index (χ0v) is 17.3. The normalized spacial score (nSPS) is 11.3. The summed E-state index contributed by atoms with van der Waals surface area (Å²) in [4.78, 5) is 29.4. The number of benzene rings is 2. The lowest BCUT2D eigenvalue weighted by Gasteiger charge is -2.19. The van der Waals surface area contributed by atoms with Gasteiger partial charge in [0, 0.05) is 12.3 Å². The van der Waals surface area contributed by atoms with E-state index in [9.17, 15) is 27.2 Å². The van der Waals surface area contributed by atoms with Gasteiger partial charge in [-0.05, 0) is 36.4 Å². The fourth-order valence-electron chi connectivity index (χ4n) is 2.59. The highest BCUT2D eigenvalue weighted by Gasteiger charge is 2.31. The Balaban J connectivity index is 1.78. The van der Waals surface area contributed by atoms with Crippen LogP contribution in [0.5, 0.6) is 0 Å². The molecule has 1 heterocycles. The zero-order valence-electron chi connectivity index (χ0n) is 15.7. The van der Waals surface area contributed by atoms with E-state index in [1.54, 1.807) is 0 Å². The first-order valence-corrected chi connectivity index (χ1v) is 9.86. The van der Waals surface area contributed by atoms with E-state index in [1.165, 1.54) is 30.5 Å². The number of halogens is 5. The molecule has 0 fully saturated rings. The van der Waals surface area contributed by atoms with Gasteiger partial charge in [-0.15, -0.1) is 11.3 Å². The van der Waals surface area contributed by atoms with E-state index in [4.69, 9.17) is 16.3 Å². The third kappa shape index (κ3) is 5.39. The number of carbonyl (C=O) groups is 2. The number of nitrogens with zero attached hydrogens (tertiary/aromatic N) is 2. The van der Waals surface area contributed by atoms with Crippen LogP contribution in [0.25, 0.3) is 0 Å². The molecule has 0 atom stereocenters. The second-order valence-corrected chi connectivity index (χ2v) is 7.47. The molecule has 0 aliphatic rings. The van der Waals surface area contributed by atoms with Crippen LogP contribution >= 0.6 is 22.9 Å². The van der Waals surface area contributed by atoms with E-state index < -0.39 is 29.4 Å². The monoisotopic (exact) mass is 472 g/mol. The number of thiazole rings is 1. The highest BCUT2D eigenvalue weighted by molar-refractivity contribution is 7.14. The van der Waals surface area contributed by atoms with Gasteiger partial charge in [0.25, 0.3) is 0 Å². The molecule has 1 amide bonds. The quantitative estimate of drug-likeness (QED) is 0.338. The molecule has 162 valence electrons. The largest absolute Gasteiger partial charge is 0.456 e. The van der Waals surface area contributed by atoms with Crippen LogP contribution < -0.4 is 4.90 Å². The van der Waals surface area contributed by atoms with Crippen LogP contribution in [-0.2, 0) is 22.3 Å². The maximum Gasteiger partial charge on any atom is 0.416 e. The van der Waals surface area contributed by atoms with Crippen molar-refractivity contribution < 1.29 is 31.9 Å². The first-order valence-electron chi connectivity index (χ1n) is 8.61. The van der Waals surface area contributed by atoms with Crippen molar-refractivity contribution >= 4 is 45.6 Å². The smallest absolute Gasteiger partial charge is 0.416 e. The number of ether oxygens (including phenoxy) is 1. The van der Waals surface area contributed by atoms with Crippen molar-refractivity contribution in [1.29, 1.82) is 0 Å². The Kier molecular flexibility index (Phi) is 6.61. The molecular weight excluding hydrogens is 460 g/mol. The Morgan fingerprint density at radius 3 is 2.58 bits per heavy atom. The van der Waals surface area contributed by atoms with E-state index in [-0.39, 0.29) is 33.7 Å². The number of amides is 1. The summed E-state index contributed by atoms with van der Waals surface area (Å²) < 4.78 is 57.2. The predicted octanol–water partition coefficient (Wildman–Crippen LogP) is 6.00. The summed E-state index contributed by atoms with van der Waals surface area (Å²) in [6.07, 6.45) is -4.57. The SMILES string of the molecule is CC(=O)N(c1cccc(C(F)(F)F)c1)c1nc(COC(=O)c2ccc(F)cc2Cl)cs1. The average molecular weight is 473 g/mol. The molecule has 0 spiro atoms. The van der Waals surface area contributed by atoms with Crippen molar-refractivity contribution in [1.82, 2.24) is 4.98 Å². The molecule has 0 radical (unpaired) electrons. The van der Waals surface area contributed by atoms with E-state index in [0.29, 0.717) is 0 Å². The molecule has 31 heavy (non-hydrogen) atoms. The van der Waals surface area contributed by atoms with Gasteiger partial charge in [-0.3, -0.25) is 9.69 Å². The maximum absolute atomic E-state index is 13.1. The number of anilines is 2. The van der Waals surface area contributed by atoms with Gasteiger partial charge in [-0.25, -0.2) is 14.2 Å². The standard InChI is InChI=1S/C20H13ClF4N2O3S/c1-11(28)27(15-4-2-3-12(7-15)20(23,24)25)19-26-14(10-31-19)9-30-18(29)16-6-5-13(22)8-17(16)21/h2-8,10H,9H2,1H3. The molecule has 3 rings (SSSR count). The summed E-state index contributed by atoms with van der Waals surface area (Å²) in [5, 5.41) is 1.49. The summed E-state index contributed by atoms with van der Waals surface area (Å²) in [6, 6.07) is 7.50. The number of rotatable bonds is 5. The summed E-state index contributed by atoms with van der Waals surface area (Å²) in [7, 11) is 0. The van der Waals surface area contributed by atoms with Crippen LogP contribution in [0.2, 0.25) is 5.02 Å². The molecular formula is C20H13ClF4N2O3S. The molecule has 0 aliphatic heterocycles. The Labute approximate surface area is 182 Å². The van der Waals surface area contributed by atoms with Crippen LogP contribution in [0.15, 0.2) is 47.8 Å². The topological polar surface area (TPSA) is 59.5 Å². The number of alkyl halides is 3. The van der Waals surface area contributed by atoms with Gasteiger partial charge in [-0.1, -0.05) is 17.7 Å². The van der Waals surface area contributed by atoms with Crippen molar-refractivity contribution in [2.24, 2.45) is 0 Å². The summed E-state index contributed by atoms with van der Waals surface area (Å²) in [6.45, 7) is 0.912. The van der Waals surface area contributed by atoms with E-state index in [0.717, 1.165) is 40.5 Å². The Morgan fingerprint density at radius 2 is 1.94 bits per heavy atom. The second kappa shape index (κ2) is 9.03. The molecule has 1 aromatic heterocycles. The lowest BCUT2D eigenvalue weighted by atomic mass is 10.2. The fraction of sp³-hybridized carbons (Fsp3) is 0.150. The van der Waals surface area contributed by atoms with Crippen LogP contribution in [0, 0.1) is 5.82 Å². The number of carbonyl (C=O) groups excluding carboxylic acids is 2. The first-order chi connectivity index (χ1) is 14.6. The van der Waals surface area contributed by atoms with Crippen molar-refractivity contribution in [3.05, 3.63) is 75.5 Å². The van der Waals surface area contributed by atoms with Crippen molar-refractivity contribution in [3.63, 3.8) is 0 Å². The minimum absolute atomic E-state index is 0.00156.